The number of carbonyl (C=O) groups is 1. The van der Waals surface area contributed by atoms with Crippen LogP contribution in [0, 0.1) is 0 Å². The standard InChI is InChI=1S/C17H18Cl2N2O2/c1-21(2)15(16-7-4-10-23-16)11-20-17(22)9-8-12-13(18)5-3-6-14(12)19/h3-10,15H,11H2,1-2H3,(H,20,22). The largest absolute Gasteiger partial charge is 0.468 e. The zero-order valence-electron chi connectivity index (χ0n) is 12.9. The van der Waals surface area contributed by atoms with Gasteiger partial charge in [0.2, 0.25) is 5.91 Å². The molecule has 23 heavy (non-hydrogen) atoms. The summed E-state index contributed by atoms with van der Waals surface area (Å²) in [4.78, 5) is 14.0. The van der Waals surface area contributed by atoms with Crippen molar-refractivity contribution >= 4 is 35.2 Å². The lowest BCUT2D eigenvalue weighted by atomic mass is 10.2. The number of rotatable bonds is 6. The Kier molecular flexibility index (Phi) is 6.28. The maximum atomic E-state index is 12.0. The molecular weight excluding hydrogens is 335 g/mol. The summed E-state index contributed by atoms with van der Waals surface area (Å²) in [6.07, 6.45) is 4.65. The summed E-state index contributed by atoms with van der Waals surface area (Å²) in [6, 6.07) is 8.88. The minimum Gasteiger partial charge on any atom is -0.468 e. The molecule has 0 aliphatic rings. The number of likely N-dealkylation sites (N-methyl/N-ethyl adjacent to an activating group) is 1. The summed E-state index contributed by atoms with van der Waals surface area (Å²) in [5.41, 5.74) is 0.626. The molecule has 0 spiro atoms. The molecule has 0 saturated carbocycles. The summed E-state index contributed by atoms with van der Waals surface area (Å²) in [7, 11) is 3.86. The van der Waals surface area contributed by atoms with E-state index < -0.39 is 0 Å². The SMILES string of the molecule is CN(C)C(CNC(=O)C=Cc1c(Cl)cccc1Cl)c1ccco1. The Morgan fingerprint density at radius 3 is 2.52 bits per heavy atom. The molecule has 0 fully saturated rings. The molecule has 1 unspecified atom stereocenters. The van der Waals surface area contributed by atoms with Gasteiger partial charge in [-0.2, -0.15) is 0 Å². The molecule has 1 N–H and O–H groups in total. The molecular formula is C17H18Cl2N2O2. The molecule has 1 aromatic carbocycles. The quantitative estimate of drug-likeness (QED) is 0.798. The summed E-state index contributed by atoms with van der Waals surface area (Å²) < 4.78 is 5.40. The van der Waals surface area contributed by atoms with Crippen molar-refractivity contribution < 1.29 is 9.21 Å². The zero-order chi connectivity index (χ0) is 16.8. The molecule has 122 valence electrons. The van der Waals surface area contributed by atoms with Gasteiger partial charge in [-0.25, -0.2) is 0 Å². The van der Waals surface area contributed by atoms with Crippen LogP contribution in [0.2, 0.25) is 10.0 Å². The zero-order valence-corrected chi connectivity index (χ0v) is 14.4. The van der Waals surface area contributed by atoms with Crippen LogP contribution in [0.4, 0.5) is 0 Å². The van der Waals surface area contributed by atoms with Gasteiger partial charge in [-0.3, -0.25) is 9.69 Å². The van der Waals surface area contributed by atoms with Crippen LogP contribution in [-0.4, -0.2) is 31.4 Å². The number of hydrogen-bond donors (Lipinski definition) is 1. The van der Waals surface area contributed by atoms with Crippen LogP contribution in [-0.2, 0) is 4.79 Å². The van der Waals surface area contributed by atoms with E-state index in [9.17, 15) is 4.79 Å². The number of carbonyl (C=O) groups excluding carboxylic acids is 1. The molecule has 0 aliphatic heterocycles. The Morgan fingerprint density at radius 2 is 1.96 bits per heavy atom. The molecule has 1 heterocycles. The molecule has 6 heteroatoms. The first-order chi connectivity index (χ1) is 11.0. The highest BCUT2D eigenvalue weighted by atomic mass is 35.5. The van der Waals surface area contributed by atoms with Crippen LogP contribution in [0.15, 0.2) is 47.1 Å². The van der Waals surface area contributed by atoms with Gasteiger partial charge >= 0.3 is 0 Å². The molecule has 2 rings (SSSR count). The minimum atomic E-state index is -0.223. The van der Waals surface area contributed by atoms with Crippen molar-refractivity contribution in [3.05, 3.63) is 64.0 Å². The van der Waals surface area contributed by atoms with Gasteiger partial charge in [-0.05, 0) is 44.4 Å². The van der Waals surface area contributed by atoms with Crippen molar-refractivity contribution in [2.75, 3.05) is 20.6 Å². The topological polar surface area (TPSA) is 45.5 Å². The average Bonchev–Trinajstić information content (AvgIpc) is 3.00. The summed E-state index contributed by atoms with van der Waals surface area (Å²) >= 11 is 12.1. The minimum absolute atomic E-state index is 0.0359. The highest BCUT2D eigenvalue weighted by molar-refractivity contribution is 6.37. The van der Waals surface area contributed by atoms with Gasteiger partial charge < -0.3 is 9.73 Å². The number of nitrogens with zero attached hydrogens (tertiary/aromatic N) is 1. The van der Waals surface area contributed by atoms with E-state index in [1.165, 1.54) is 6.08 Å². The molecule has 0 aliphatic carbocycles. The number of halogens is 2. The molecule has 0 bridgehead atoms. The van der Waals surface area contributed by atoms with Crippen LogP contribution >= 0.6 is 23.2 Å². The Labute approximate surface area is 145 Å². The number of amides is 1. The fraction of sp³-hybridized carbons (Fsp3) is 0.235. The van der Waals surface area contributed by atoms with Crippen molar-refractivity contribution in [2.24, 2.45) is 0 Å². The first kappa shape index (κ1) is 17.6. The Hall–Kier alpha value is -1.75. The van der Waals surface area contributed by atoms with Crippen LogP contribution in [0.1, 0.15) is 17.4 Å². The Balaban J connectivity index is 1.98. The van der Waals surface area contributed by atoms with Gasteiger partial charge in [0.25, 0.3) is 0 Å². The van der Waals surface area contributed by atoms with E-state index >= 15 is 0 Å². The molecule has 1 amide bonds. The molecule has 0 radical (unpaired) electrons. The van der Waals surface area contributed by atoms with Crippen LogP contribution in [0.25, 0.3) is 6.08 Å². The fourth-order valence-electron chi connectivity index (χ4n) is 2.10. The van der Waals surface area contributed by atoms with Crippen molar-refractivity contribution in [1.29, 1.82) is 0 Å². The summed E-state index contributed by atoms with van der Waals surface area (Å²) in [5, 5.41) is 3.85. The number of benzene rings is 1. The predicted molar refractivity (Wildman–Crippen MR) is 93.6 cm³/mol. The second-order valence-corrected chi connectivity index (χ2v) is 6.02. The summed E-state index contributed by atoms with van der Waals surface area (Å²) in [6.45, 7) is 0.430. The van der Waals surface area contributed by atoms with Gasteiger partial charge in [0.15, 0.2) is 0 Å². The highest BCUT2D eigenvalue weighted by Crippen LogP contribution is 2.25. The van der Waals surface area contributed by atoms with Crippen LogP contribution in [0.5, 0.6) is 0 Å². The van der Waals surface area contributed by atoms with Crippen molar-refractivity contribution in [2.45, 2.75) is 6.04 Å². The van der Waals surface area contributed by atoms with E-state index in [4.69, 9.17) is 27.6 Å². The smallest absolute Gasteiger partial charge is 0.244 e. The lowest BCUT2D eigenvalue weighted by molar-refractivity contribution is -0.116. The normalized spacial score (nSPS) is 12.7. The third-order valence-corrected chi connectivity index (χ3v) is 4.02. The van der Waals surface area contributed by atoms with Crippen molar-refractivity contribution in [3.63, 3.8) is 0 Å². The van der Waals surface area contributed by atoms with Crippen LogP contribution < -0.4 is 5.32 Å². The van der Waals surface area contributed by atoms with Gasteiger partial charge in [0.1, 0.15) is 5.76 Å². The number of hydrogen-bond acceptors (Lipinski definition) is 3. The van der Waals surface area contributed by atoms with E-state index in [-0.39, 0.29) is 11.9 Å². The van der Waals surface area contributed by atoms with Crippen molar-refractivity contribution in [1.82, 2.24) is 10.2 Å². The maximum Gasteiger partial charge on any atom is 0.244 e. The molecule has 4 nitrogen and oxygen atoms in total. The fourth-order valence-corrected chi connectivity index (χ4v) is 2.63. The van der Waals surface area contributed by atoms with E-state index in [2.05, 4.69) is 5.32 Å². The monoisotopic (exact) mass is 352 g/mol. The number of furan rings is 1. The average molecular weight is 353 g/mol. The second kappa shape index (κ2) is 8.20. The first-order valence-electron chi connectivity index (χ1n) is 7.09. The first-order valence-corrected chi connectivity index (χ1v) is 7.84. The Morgan fingerprint density at radius 1 is 1.26 bits per heavy atom. The van der Waals surface area contributed by atoms with E-state index in [1.807, 2.05) is 31.1 Å². The lowest BCUT2D eigenvalue weighted by Crippen LogP contribution is -2.33. The molecule has 1 atom stereocenters. The van der Waals surface area contributed by atoms with Gasteiger partial charge in [-0.1, -0.05) is 29.3 Å². The predicted octanol–water partition coefficient (Wildman–Crippen LogP) is 4.02. The van der Waals surface area contributed by atoms with Gasteiger partial charge in [0, 0.05) is 28.2 Å². The number of nitrogens with one attached hydrogen (secondary N) is 1. The molecule has 0 saturated heterocycles. The third-order valence-electron chi connectivity index (χ3n) is 3.37. The molecule has 2 aromatic rings. The van der Waals surface area contributed by atoms with E-state index in [0.29, 0.717) is 22.2 Å². The molecule has 1 aromatic heterocycles. The lowest BCUT2D eigenvalue weighted by Gasteiger charge is -2.22. The second-order valence-electron chi connectivity index (χ2n) is 5.21. The maximum absolute atomic E-state index is 12.0. The van der Waals surface area contributed by atoms with Gasteiger partial charge in [-0.15, -0.1) is 0 Å². The summed E-state index contributed by atoms with van der Waals surface area (Å²) in [5.74, 6) is 0.577. The highest BCUT2D eigenvalue weighted by Gasteiger charge is 2.17. The van der Waals surface area contributed by atoms with E-state index in [1.54, 1.807) is 30.5 Å². The van der Waals surface area contributed by atoms with Gasteiger partial charge in [0.05, 0.1) is 12.3 Å². The van der Waals surface area contributed by atoms with Crippen molar-refractivity contribution in [3.8, 4) is 0 Å². The Bertz CT molecular complexity index is 662. The van der Waals surface area contributed by atoms with Crippen LogP contribution in [0.3, 0.4) is 0 Å². The third kappa shape index (κ3) is 4.86. The van der Waals surface area contributed by atoms with E-state index in [0.717, 1.165) is 5.76 Å².